The Morgan fingerprint density at radius 2 is 1.95 bits per heavy atom. The van der Waals surface area contributed by atoms with E-state index in [-0.39, 0.29) is 20.1 Å². The van der Waals surface area contributed by atoms with E-state index in [0.29, 0.717) is 11.3 Å². The molecule has 106 valence electrons. The molecular formula is C13H10BrClFNO2S. The van der Waals surface area contributed by atoms with E-state index < -0.39 is 15.7 Å². The van der Waals surface area contributed by atoms with Crippen molar-refractivity contribution in [2.45, 2.75) is 10.6 Å². The van der Waals surface area contributed by atoms with Crippen molar-refractivity contribution in [1.82, 2.24) is 0 Å². The Morgan fingerprint density at radius 1 is 1.25 bits per heavy atom. The summed E-state index contributed by atoms with van der Waals surface area (Å²) in [5.74, 6) is -0.865. The molecule has 7 heteroatoms. The number of nitrogens with two attached hydrogens (primary N) is 1. The number of halogens is 3. The van der Waals surface area contributed by atoms with Crippen LogP contribution in [0, 0.1) is 5.82 Å². The second kappa shape index (κ2) is 5.71. The molecule has 2 N–H and O–H groups in total. The van der Waals surface area contributed by atoms with Gasteiger partial charge in [-0.1, -0.05) is 23.7 Å². The van der Waals surface area contributed by atoms with Gasteiger partial charge in [0, 0.05) is 5.69 Å². The van der Waals surface area contributed by atoms with Crippen molar-refractivity contribution in [2.24, 2.45) is 0 Å². The molecule has 0 saturated heterocycles. The van der Waals surface area contributed by atoms with Crippen LogP contribution in [0.25, 0.3) is 0 Å². The van der Waals surface area contributed by atoms with Gasteiger partial charge in [0.2, 0.25) is 0 Å². The van der Waals surface area contributed by atoms with Gasteiger partial charge in [-0.15, -0.1) is 0 Å². The van der Waals surface area contributed by atoms with Gasteiger partial charge in [0.15, 0.2) is 9.84 Å². The van der Waals surface area contributed by atoms with Crippen LogP contribution in [-0.2, 0) is 15.6 Å². The molecular weight excluding hydrogens is 369 g/mol. The fourth-order valence-corrected chi connectivity index (χ4v) is 4.28. The van der Waals surface area contributed by atoms with Gasteiger partial charge in [-0.3, -0.25) is 0 Å². The van der Waals surface area contributed by atoms with Gasteiger partial charge in [-0.05, 0) is 45.8 Å². The molecule has 0 spiro atoms. The molecule has 0 heterocycles. The molecule has 0 atom stereocenters. The number of nitrogen functional groups attached to an aromatic ring is 1. The van der Waals surface area contributed by atoms with Gasteiger partial charge < -0.3 is 5.73 Å². The fraction of sp³-hybridized carbons (Fsp3) is 0.0769. The molecule has 0 aliphatic carbocycles. The molecule has 0 bridgehead atoms. The number of rotatable bonds is 3. The lowest BCUT2D eigenvalue weighted by Crippen LogP contribution is -2.07. The van der Waals surface area contributed by atoms with E-state index >= 15 is 0 Å². The van der Waals surface area contributed by atoms with Crippen molar-refractivity contribution >= 4 is 43.1 Å². The lowest BCUT2D eigenvalue weighted by atomic mass is 10.2. The lowest BCUT2D eigenvalue weighted by Gasteiger charge is -2.09. The van der Waals surface area contributed by atoms with Crippen molar-refractivity contribution in [2.75, 3.05) is 5.73 Å². The molecule has 0 aliphatic heterocycles. The molecule has 2 rings (SSSR count). The maximum Gasteiger partial charge on any atom is 0.184 e. The predicted octanol–water partition coefficient (Wildman–Crippen LogP) is 3.80. The highest BCUT2D eigenvalue weighted by molar-refractivity contribution is 9.10. The van der Waals surface area contributed by atoms with Gasteiger partial charge in [0.1, 0.15) is 5.82 Å². The summed E-state index contributed by atoms with van der Waals surface area (Å²) in [6.07, 6.45) is 0. The minimum absolute atomic E-state index is 0.0236. The average Bonchev–Trinajstić information content (AvgIpc) is 2.34. The first-order valence-corrected chi connectivity index (χ1v) is 8.34. The highest BCUT2D eigenvalue weighted by atomic mass is 79.9. The molecule has 0 unspecified atom stereocenters. The smallest absolute Gasteiger partial charge is 0.184 e. The number of sulfone groups is 1. The van der Waals surface area contributed by atoms with Crippen LogP contribution in [-0.4, -0.2) is 8.42 Å². The van der Waals surface area contributed by atoms with Crippen LogP contribution >= 0.6 is 27.5 Å². The second-order valence-electron chi connectivity index (χ2n) is 4.16. The average molecular weight is 379 g/mol. The summed E-state index contributed by atoms with van der Waals surface area (Å²) in [6.45, 7) is 0. The van der Waals surface area contributed by atoms with E-state index in [0.717, 1.165) is 0 Å². The zero-order valence-electron chi connectivity index (χ0n) is 10.1. The quantitative estimate of drug-likeness (QED) is 0.827. The van der Waals surface area contributed by atoms with Crippen LogP contribution in [0.1, 0.15) is 5.56 Å². The van der Waals surface area contributed by atoms with Gasteiger partial charge in [0.05, 0.1) is 20.1 Å². The van der Waals surface area contributed by atoms with Crippen LogP contribution in [0.15, 0.2) is 45.8 Å². The topological polar surface area (TPSA) is 60.2 Å². The molecule has 0 radical (unpaired) electrons. The maximum atomic E-state index is 13.4. The minimum atomic E-state index is -3.68. The zero-order chi connectivity index (χ0) is 14.9. The van der Waals surface area contributed by atoms with Gasteiger partial charge in [-0.25, -0.2) is 12.8 Å². The van der Waals surface area contributed by atoms with E-state index in [2.05, 4.69) is 15.9 Å². The molecule has 0 amide bonds. The van der Waals surface area contributed by atoms with E-state index in [1.54, 1.807) is 0 Å². The van der Waals surface area contributed by atoms with Gasteiger partial charge >= 0.3 is 0 Å². The van der Waals surface area contributed by atoms with Crippen molar-refractivity contribution in [1.29, 1.82) is 0 Å². The minimum Gasteiger partial charge on any atom is -0.399 e. The summed E-state index contributed by atoms with van der Waals surface area (Å²) in [5, 5.41) is 0.0533. The Bertz CT molecular complexity index is 765. The summed E-state index contributed by atoms with van der Waals surface area (Å²) < 4.78 is 38.2. The Balaban J connectivity index is 2.44. The highest BCUT2D eigenvalue weighted by Crippen LogP contribution is 2.29. The van der Waals surface area contributed by atoms with Crippen molar-refractivity contribution in [3.05, 3.63) is 57.3 Å². The summed E-state index contributed by atoms with van der Waals surface area (Å²) in [4.78, 5) is -0.0236. The molecule has 2 aromatic carbocycles. The van der Waals surface area contributed by atoms with Crippen molar-refractivity contribution in [3.63, 3.8) is 0 Å². The second-order valence-corrected chi connectivity index (χ2v) is 7.32. The molecule has 2 aromatic rings. The monoisotopic (exact) mass is 377 g/mol. The van der Waals surface area contributed by atoms with Crippen LogP contribution < -0.4 is 5.73 Å². The summed E-state index contributed by atoms with van der Waals surface area (Å²) in [7, 11) is -3.68. The zero-order valence-corrected chi connectivity index (χ0v) is 13.3. The first kappa shape index (κ1) is 15.3. The Morgan fingerprint density at radius 3 is 2.60 bits per heavy atom. The summed E-state index contributed by atoms with van der Waals surface area (Å²) >= 11 is 8.95. The standard InChI is InChI=1S/C13H10BrClFNO2S/c14-13-8(2-1-3-11(13)16)7-20(18,19)12-5-4-9(17)6-10(12)15/h1-6H,7,17H2. The van der Waals surface area contributed by atoms with E-state index in [4.69, 9.17) is 17.3 Å². The van der Waals surface area contributed by atoms with Crippen molar-refractivity contribution < 1.29 is 12.8 Å². The lowest BCUT2D eigenvalue weighted by molar-refractivity contribution is 0.594. The molecule has 0 aliphatic rings. The molecule has 0 aromatic heterocycles. The third-order valence-corrected chi connectivity index (χ3v) is 5.70. The SMILES string of the molecule is Nc1ccc(S(=O)(=O)Cc2cccc(F)c2Br)c(Cl)c1. The third kappa shape index (κ3) is 3.13. The number of hydrogen-bond donors (Lipinski definition) is 1. The normalized spacial score (nSPS) is 11.6. The highest BCUT2D eigenvalue weighted by Gasteiger charge is 2.21. The Labute approximate surface area is 129 Å². The number of anilines is 1. The van der Waals surface area contributed by atoms with Crippen LogP contribution in [0.4, 0.5) is 10.1 Å². The first-order chi connectivity index (χ1) is 9.31. The van der Waals surface area contributed by atoms with Crippen LogP contribution in [0.2, 0.25) is 5.02 Å². The summed E-state index contributed by atoms with van der Waals surface area (Å²) in [6, 6.07) is 8.41. The summed E-state index contributed by atoms with van der Waals surface area (Å²) in [5.41, 5.74) is 6.24. The first-order valence-electron chi connectivity index (χ1n) is 5.52. The molecule has 3 nitrogen and oxygen atoms in total. The fourth-order valence-electron chi connectivity index (χ4n) is 1.71. The Kier molecular flexibility index (Phi) is 4.36. The van der Waals surface area contributed by atoms with Crippen molar-refractivity contribution in [3.8, 4) is 0 Å². The van der Waals surface area contributed by atoms with Crippen LogP contribution in [0.3, 0.4) is 0 Å². The largest absolute Gasteiger partial charge is 0.399 e. The molecule has 20 heavy (non-hydrogen) atoms. The van der Waals surface area contributed by atoms with Gasteiger partial charge in [-0.2, -0.15) is 0 Å². The van der Waals surface area contributed by atoms with Crippen LogP contribution in [0.5, 0.6) is 0 Å². The maximum absolute atomic E-state index is 13.4. The number of benzene rings is 2. The van der Waals surface area contributed by atoms with Gasteiger partial charge in [0.25, 0.3) is 0 Å². The predicted molar refractivity (Wildman–Crippen MR) is 80.9 cm³/mol. The molecule has 0 fully saturated rings. The number of hydrogen-bond acceptors (Lipinski definition) is 3. The van der Waals surface area contributed by atoms with E-state index in [1.165, 1.54) is 36.4 Å². The van der Waals surface area contributed by atoms with E-state index in [9.17, 15) is 12.8 Å². The Hall–Kier alpha value is -1.11. The molecule has 0 saturated carbocycles. The third-order valence-electron chi connectivity index (χ3n) is 2.67. The van der Waals surface area contributed by atoms with E-state index in [1.807, 2.05) is 0 Å².